The third-order valence-corrected chi connectivity index (χ3v) is 1.24. The van der Waals surface area contributed by atoms with Gasteiger partial charge in [-0.1, -0.05) is 18.8 Å². The van der Waals surface area contributed by atoms with Crippen LogP contribution in [0.15, 0.2) is 6.20 Å². The van der Waals surface area contributed by atoms with Crippen molar-refractivity contribution in [1.29, 1.82) is 0 Å². The molecular weight excluding hydrogens is 114 g/mol. The second kappa shape index (κ2) is 3.28. The van der Waals surface area contributed by atoms with Gasteiger partial charge in [-0.15, -0.1) is 5.53 Å². The summed E-state index contributed by atoms with van der Waals surface area (Å²) in [6, 6.07) is 0. The summed E-state index contributed by atoms with van der Waals surface area (Å²) >= 11 is 0. The van der Waals surface area contributed by atoms with Crippen molar-refractivity contribution in [3.05, 3.63) is 12.4 Å². The maximum Gasteiger partial charge on any atom is 0.406 e. The van der Waals surface area contributed by atoms with E-state index in [4.69, 9.17) is 0 Å². The largest absolute Gasteiger partial charge is 0.406 e. The van der Waals surface area contributed by atoms with Crippen molar-refractivity contribution in [3.63, 3.8) is 0 Å². The average molecular weight is 126 g/mol. The molecule has 0 bridgehead atoms. The molecule has 9 heavy (non-hydrogen) atoms. The quantitative estimate of drug-likeness (QED) is 0.535. The van der Waals surface area contributed by atoms with Crippen LogP contribution >= 0.6 is 0 Å². The van der Waals surface area contributed by atoms with Gasteiger partial charge in [0.1, 0.15) is 0 Å². The van der Waals surface area contributed by atoms with E-state index in [9.17, 15) is 0 Å². The molecule has 0 aromatic heterocycles. The molecule has 3 nitrogen and oxygen atoms in total. The van der Waals surface area contributed by atoms with Gasteiger partial charge in [-0.25, -0.2) is 5.01 Å². The first kappa shape index (κ1) is 6.33. The van der Waals surface area contributed by atoms with Crippen LogP contribution in [0.5, 0.6) is 0 Å². The minimum Gasteiger partial charge on any atom is -0.246 e. The highest BCUT2D eigenvalue weighted by Gasteiger charge is 2.10. The lowest BCUT2D eigenvalue weighted by molar-refractivity contribution is 0.267. The van der Waals surface area contributed by atoms with E-state index < -0.39 is 0 Å². The van der Waals surface area contributed by atoms with Gasteiger partial charge in [0.15, 0.2) is 0 Å². The van der Waals surface area contributed by atoms with Gasteiger partial charge in [0.2, 0.25) is 0 Å². The van der Waals surface area contributed by atoms with Gasteiger partial charge in [0, 0.05) is 6.54 Å². The molecule has 2 N–H and O–H groups in total. The number of nitrogens with zero attached hydrogens (tertiary/aromatic N) is 1. The molecule has 1 aliphatic heterocycles. The maximum atomic E-state index is 2.91. The monoisotopic (exact) mass is 126 g/mol. The molecule has 0 radical (unpaired) electrons. The predicted octanol–water partition coefficient (Wildman–Crippen LogP) is 0.386. The number of nitrogens with one attached hydrogen (secondary N) is 2. The van der Waals surface area contributed by atoms with Crippen molar-refractivity contribution in [1.82, 2.24) is 16.0 Å². The first-order valence-electron chi connectivity index (χ1n) is 3.29. The lowest BCUT2D eigenvalue weighted by atomic mass is 10.3. The van der Waals surface area contributed by atoms with E-state index in [0.29, 0.717) is 0 Å². The minimum atomic E-state index is 1.05. The molecule has 0 fully saturated rings. The fourth-order valence-electron chi connectivity index (χ4n) is 0.695. The first-order valence-corrected chi connectivity index (χ1v) is 3.29. The van der Waals surface area contributed by atoms with Crippen molar-refractivity contribution < 1.29 is 0 Å². The minimum absolute atomic E-state index is 1.05. The Morgan fingerprint density at radius 3 is 3.11 bits per heavy atom. The zero-order valence-electron chi connectivity index (χ0n) is 5.65. The average Bonchev–Trinajstić information content (AvgIpc) is 2.34. The standard InChI is InChI=1S/C6H12N3/c1-2-3-5-9-6-4-7-8-9/h6-8H,2-3,5H2,1H3/q+1. The molecule has 0 atom stereocenters. The third kappa shape index (κ3) is 1.88. The second-order valence-corrected chi connectivity index (χ2v) is 2.06. The zero-order valence-corrected chi connectivity index (χ0v) is 5.65. The fraction of sp³-hybridized carbons (Fsp3) is 0.667. The molecule has 0 saturated carbocycles. The lowest BCUT2D eigenvalue weighted by Crippen LogP contribution is -2.35. The van der Waals surface area contributed by atoms with Crippen LogP contribution in [0.3, 0.4) is 0 Å². The Hall–Kier alpha value is -0.790. The van der Waals surface area contributed by atoms with E-state index in [1.807, 2.05) is 11.2 Å². The highest BCUT2D eigenvalue weighted by molar-refractivity contribution is 4.74. The molecular formula is C6H12N3+. The highest BCUT2D eigenvalue weighted by atomic mass is 15.7. The predicted molar refractivity (Wildman–Crippen MR) is 35.7 cm³/mol. The molecule has 0 aliphatic carbocycles. The van der Waals surface area contributed by atoms with Crippen LogP contribution in [0.2, 0.25) is 0 Å². The summed E-state index contributed by atoms with van der Waals surface area (Å²) in [5.74, 6) is 0. The van der Waals surface area contributed by atoms with Gasteiger partial charge in [-0.3, -0.25) is 0 Å². The van der Waals surface area contributed by atoms with Gasteiger partial charge in [0.05, 0.1) is 0 Å². The smallest absolute Gasteiger partial charge is 0.246 e. The Kier molecular flexibility index (Phi) is 2.31. The Labute approximate surface area is 55.7 Å². The van der Waals surface area contributed by atoms with E-state index in [-0.39, 0.29) is 0 Å². The molecule has 0 aromatic rings. The Balaban J connectivity index is 2.05. The molecule has 1 heterocycles. The second-order valence-electron chi connectivity index (χ2n) is 2.06. The summed E-state index contributed by atoms with van der Waals surface area (Å²) in [7, 11) is 0. The number of hydrogen-bond donors (Lipinski definition) is 2. The molecule has 0 amide bonds. The van der Waals surface area contributed by atoms with Crippen LogP contribution in [0, 0.1) is 6.20 Å². The van der Waals surface area contributed by atoms with Crippen molar-refractivity contribution in [2.24, 2.45) is 0 Å². The van der Waals surface area contributed by atoms with Crippen LogP contribution < -0.4 is 11.0 Å². The van der Waals surface area contributed by atoms with Gasteiger partial charge in [0.25, 0.3) is 6.20 Å². The molecule has 0 spiro atoms. The van der Waals surface area contributed by atoms with E-state index in [1.54, 1.807) is 0 Å². The summed E-state index contributed by atoms with van der Waals surface area (Å²) in [5, 5.41) is 1.98. The van der Waals surface area contributed by atoms with Gasteiger partial charge in [-0.05, 0) is 6.42 Å². The Bertz CT molecular complexity index is 100. The lowest BCUT2D eigenvalue weighted by Gasteiger charge is -2.07. The number of unbranched alkanes of at least 4 members (excludes halogenated alkanes) is 1. The normalized spacial score (nSPS) is 15.4. The molecule has 50 valence electrons. The summed E-state index contributed by atoms with van der Waals surface area (Å²) in [5.41, 5.74) is 5.66. The maximum absolute atomic E-state index is 2.91. The van der Waals surface area contributed by atoms with E-state index in [1.165, 1.54) is 12.8 Å². The molecule has 1 rings (SSSR count). The van der Waals surface area contributed by atoms with Crippen LogP contribution in [-0.2, 0) is 0 Å². The molecule has 0 saturated heterocycles. The Morgan fingerprint density at radius 1 is 1.67 bits per heavy atom. The van der Waals surface area contributed by atoms with E-state index in [2.05, 4.69) is 24.1 Å². The third-order valence-electron chi connectivity index (χ3n) is 1.24. The number of hydrazine groups is 2. The Morgan fingerprint density at radius 2 is 2.56 bits per heavy atom. The summed E-state index contributed by atoms with van der Waals surface area (Å²) in [4.78, 5) is 0. The number of hydrogen-bond acceptors (Lipinski definition) is 3. The topological polar surface area (TPSA) is 27.3 Å². The van der Waals surface area contributed by atoms with Gasteiger partial charge < -0.3 is 0 Å². The first-order chi connectivity index (χ1) is 4.43. The summed E-state index contributed by atoms with van der Waals surface area (Å²) in [6.45, 7) is 3.23. The fourth-order valence-corrected chi connectivity index (χ4v) is 0.695. The van der Waals surface area contributed by atoms with Crippen molar-refractivity contribution >= 4 is 0 Å². The van der Waals surface area contributed by atoms with Crippen LogP contribution in [0.25, 0.3) is 0 Å². The molecule has 1 aliphatic rings. The van der Waals surface area contributed by atoms with Crippen LogP contribution in [0.4, 0.5) is 0 Å². The van der Waals surface area contributed by atoms with Gasteiger partial charge >= 0.3 is 6.20 Å². The zero-order chi connectivity index (χ0) is 6.53. The highest BCUT2D eigenvalue weighted by Crippen LogP contribution is 1.92. The molecule has 3 heteroatoms. The SMILES string of the molecule is CCCCN1C=[C+]NN1. The summed E-state index contributed by atoms with van der Waals surface area (Å²) < 4.78 is 0. The van der Waals surface area contributed by atoms with Crippen molar-refractivity contribution in [2.75, 3.05) is 6.54 Å². The molecule has 0 aromatic carbocycles. The molecule has 0 unspecified atom stereocenters. The van der Waals surface area contributed by atoms with Crippen molar-refractivity contribution in [2.45, 2.75) is 19.8 Å². The van der Waals surface area contributed by atoms with Crippen molar-refractivity contribution in [3.8, 4) is 0 Å². The summed E-state index contributed by atoms with van der Waals surface area (Å²) in [6.07, 6.45) is 7.14. The van der Waals surface area contributed by atoms with Crippen LogP contribution in [0.1, 0.15) is 19.8 Å². The van der Waals surface area contributed by atoms with E-state index >= 15 is 0 Å². The van der Waals surface area contributed by atoms with Crippen LogP contribution in [-0.4, -0.2) is 11.6 Å². The van der Waals surface area contributed by atoms with E-state index in [0.717, 1.165) is 6.54 Å². The van der Waals surface area contributed by atoms with Gasteiger partial charge in [-0.2, -0.15) is 0 Å². The number of rotatable bonds is 3.